The SMILES string of the molecule is CSC1CNCC1N(C)CCc1ccncc1. The standard InChI is InChI=1S/C13H21N3S/c1-16(12-9-15-10-13(12)17-2)8-5-11-3-6-14-7-4-11/h3-4,6-7,12-13,15H,5,8-10H2,1-2H3. The second kappa shape index (κ2) is 6.38. The van der Waals surface area contributed by atoms with Gasteiger partial charge in [-0.25, -0.2) is 0 Å². The molecule has 0 amide bonds. The van der Waals surface area contributed by atoms with Crippen LogP contribution in [0.15, 0.2) is 24.5 Å². The number of nitrogens with zero attached hydrogens (tertiary/aromatic N) is 2. The Hall–Kier alpha value is -0.580. The normalized spacial score (nSPS) is 24.4. The molecule has 1 aromatic heterocycles. The minimum Gasteiger partial charge on any atom is -0.314 e. The Morgan fingerprint density at radius 2 is 2.18 bits per heavy atom. The second-order valence-corrected chi connectivity index (χ2v) is 5.66. The van der Waals surface area contributed by atoms with Crippen molar-refractivity contribution in [3.8, 4) is 0 Å². The van der Waals surface area contributed by atoms with Crippen molar-refractivity contribution < 1.29 is 0 Å². The molecule has 1 fully saturated rings. The third kappa shape index (κ3) is 3.44. The summed E-state index contributed by atoms with van der Waals surface area (Å²) in [4.78, 5) is 6.54. The first-order chi connectivity index (χ1) is 8.31. The summed E-state index contributed by atoms with van der Waals surface area (Å²) in [5, 5.41) is 4.21. The summed E-state index contributed by atoms with van der Waals surface area (Å²) < 4.78 is 0. The Labute approximate surface area is 108 Å². The number of hydrogen-bond donors (Lipinski definition) is 1. The molecule has 3 nitrogen and oxygen atoms in total. The topological polar surface area (TPSA) is 28.2 Å². The first-order valence-corrected chi connectivity index (χ1v) is 7.42. The Kier molecular flexibility index (Phi) is 4.83. The molecule has 0 radical (unpaired) electrons. The molecule has 1 aromatic rings. The van der Waals surface area contributed by atoms with Crippen molar-refractivity contribution in [3.63, 3.8) is 0 Å². The fourth-order valence-corrected chi connectivity index (χ4v) is 3.24. The third-order valence-electron chi connectivity index (χ3n) is 3.50. The van der Waals surface area contributed by atoms with Crippen LogP contribution in [-0.4, -0.2) is 54.1 Å². The third-order valence-corrected chi connectivity index (χ3v) is 4.59. The molecule has 1 saturated heterocycles. The highest BCUT2D eigenvalue weighted by molar-refractivity contribution is 7.99. The van der Waals surface area contributed by atoms with Gasteiger partial charge in [-0.05, 0) is 37.4 Å². The maximum Gasteiger partial charge on any atom is 0.0348 e. The van der Waals surface area contributed by atoms with Gasteiger partial charge < -0.3 is 10.2 Å². The lowest BCUT2D eigenvalue weighted by molar-refractivity contribution is 0.264. The first-order valence-electron chi connectivity index (χ1n) is 6.14. The summed E-state index contributed by atoms with van der Waals surface area (Å²) in [6.07, 6.45) is 7.06. The van der Waals surface area contributed by atoms with Crippen LogP contribution in [-0.2, 0) is 6.42 Å². The van der Waals surface area contributed by atoms with Crippen molar-refractivity contribution in [2.75, 3.05) is 32.9 Å². The average Bonchev–Trinajstić information content (AvgIpc) is 2.85. The number of hydrogen-bond acceptors (Lipinski definition) is 4. The first kappa shape index (κ1) is 12.9. The van der Waals surface area contributed by atoms with Gasteiger partial charge in [-0.1, -0.05) is 0 Å². The summed E-state index contributed by atoms with van der Waals surface area (Å²) in [6.45, 7) is 3.39. The van der Waals surface area contributed by atoms with Crippen LogP contribution in [0.2, 0.25) is 0 Å². The van der Waals surface area contributed by atoms with E-state index in [-0.39, 0.29) is 0 Å². The Morgan fingerprint density at radius 1 is 1.41 bits per heavy atom. The Morgan fingerprint density at radius 3 is 2.88 bits per heavy atom. The van der Waals surface area contributed by atoms with Crippen LogP contribution in [0.5, 0.6) is 0 Å². The molecular weight excluding hydrogens is 230 g/mol. The molecule has 2 heterocycles. The van der Waals surface area contributed by atoms with E-state index in [4.69, 9.17) is 0 Å². The molecule has 17 heavy (non-hydrogen) atoms. The van der Waals surface area contributed by atoms with Gasteiger partial charge in [0, 0.05) is 43.3 Å². The number of rotatable bonds is 5. The molecule has 1 aliphatic rings. The lowest BCUT2D eigenvalue weighted by atomic mass is 10.1. The van der Waals surface area contributed by atoms with E-state index in [1.807, 2.05) is 24.2 Å². The summed E-state index contributed by atoms with van der Waals surface area (Å²) >= 11 is 1.98. The fourth-order valence-electron chi connectivity index (χ4n) is 2.34. The largest absolute Gasteiger partial charge is 0.314 e. The minimum absolute atomic E-state index is 0.673. The van der Waals surface area contributed by atoms with Crippen LogP contribution < -0.4 is 5.32 Å². The van der Waals surface area contributed by atoms with E-state index in [0.717, 1.165) is 31.3 Å². The highest BCUT2D eigenvalue weighted by atomic mass is 32.2. The molecule has 2 rings (SSSR count). The molecule has 0 aromatic carbocycles. The van der Waals surface area contributed by atoms with Gasteiger partial charge in [-0.3, -0.25) is 4.98 Å². The molecule has 0 spiro atoms. The van der Waals surface area contributed by atoms with Gasteiger partial charge >= 0.3 is 0 Å². The summed E-state index contributed by atoms with van der Waals surface area (Å²) in [5.41, 5.74) is 1.37. The van der Waals surface area contributed by atoms with Gasteiger partial charge in [0.1, 0.15) is 0 Å². The van der Waals surface area contributed by atoms with Gasteiger partial charge in [0.15, 0.2) is 0 Å². The summed E-state index contributed by atoms with van der Waals surface area (Å²) in [6, 6.07) is 4.88. The molecule has 1 N–H and O–H groups in total. The van der Waals surface area contributed by atoms with Crippen molar-refractivity contribution in [1.29, 1.82) is 0 Å². The predicted molar refractivity (Wildman–Crippen MR) is 74.5 cm³/mol. The molecule has 0 saturated carbocycles. The van der Waals surface area contributed by atoms with E-state index in [2.05, 4.69) is 40.6 Å². The zero-order valence-corrected chi connectivity index (χ0v) is 11.4. The number of likely N-dealkylation sites (N-methyl/N-ethyl adjacent to an activating group) is 1. The smallest absolute Gasteiger partial charge is 0.0348 e. The van der Waals surface area contributed by atoms with Crippen LogP contribution >= 0.6 is 11.8 Å². The Bertz CT molecular complexity index is 331. The quantitative estimate of drug-likeness (QED) is 0.853. The molecule has 0 aliphatic carbocycles. The van der Waals surface area contributed by atoms with Crippen molar-refractivity contribution in [3.05, 3.63) is 30.1 Å². The molecule has 0 bridgehead atoms. The van der Waals surface area contributed by atoms with E-state index in [1.54, 1.807) is 0 Å². The maximum absolute atomic E-state index is 4.05. The summed E-state index contributed by atoms with van der Waals surface area (Å²) in [5.74, 6) is 0. The Balaban J connectivity index is 1.83. The van der Waals surface area contributed by atoms with E-state index < -0.39 is 0 Å². The van der Waals surface area contributed by atoms with Crippen LogP contribution in [0.4, 0.5) is 0 Å². The minimum atomic E-state index is 0.673. The number of thioether (sulfide) groups is 1. The lowest BCUT2D eigenvalue weighted by Crippen LogP contribution is -2.40. The number of nitrogens with one attached hydrogen (secondary N) is 1. The van der Waals surface area contributed by atoms with E-state index in [9.17, 15) is 0 Å². The molecule has 1 aliphatic heterocycles. The molecule has 2 atom stereocenters. The van der Waals surface area contributed by atoms with Crippen LogP contribution in [0, 0.1) is 0 Å². The molecular formula is C13H21N3S. The fraction of sp³-hybridized carbons (Fsp3) is 0.615. The highest BCUT2D eigenvalue weighted by Gasteiger charge is 2.28. The van der Waals surface area contributed by atoms with Crippen molar-refractivity contribution >= 4 is 11.8 Å². The van der Waals surface area contributed by atoms with Gasteiger partial charge in [-0.2, -0.15) is 11.8 Å². The summed E-state index contributed by atoms with van der Waals surface area (Å²) in [7, 11) is 2.24. The van der Waals surface area contributed by atoms with Gasteiger partial charge in [0.2, 0.25) is 0 Å². The predicted octanol–water partition coefficient (Wildman–Crippen LogP) is 1.26. The van der Waals surface area contributed by atoms with E-state index >= 15 is 0 Å². The van der Waals surface area contributed by atoms with E-state index in [1.165, 1.54) is 5.56 Å². The van der Waals surface area contributed by atoms with Crippen LogP contribution in [0.25, 0.3) is 0 Å². The van der Waals surface area contributed by atoms with Gasteiger partial charge in [0.05, 0.1) is 0 Å². The van der Waals surface area contributed by atoms with Crippen LogP contribution in [0.3, 0.4) is 0 Å². The highest BCUT2D eigenvalue weighted by Crippen LogP contribution is 2.19. The molecule has 4 heteroatoms. The van der Waals surface area contributed by atoms with Gasteiger partial charge in [-0.15, -0.1) is 0 Å². The van der Waals surface area contributed by atoms with Crippen molar-refractivity contribution in [2.45, 2.75) is 17.7 Å². The maximum atomic E-state index is 4.05. The number of pyridine rings is 1. The van der Waals surface area contributed by atoms with E-state index in [0.29, 0.717) is 6.04 Å². The van der Waals surface area contributed by atoms with Crippen LogP contribution in [0.1, 0.15) is 5.56 Å². The zero-order valence-electron chi connectivity index (χ0n) is 10.6. The number of aromatic nitrogens is 1. The van der Waals surface area contributed by atoms with Gasteiger partial charge in [0.25, 0.3) is 0 Å². The van der Waals surface area contributed by atoms with Crippen molar-refractivity contribution in [2.24, 2.45) is 0 Å². The molecule has 2 unspecified atom stereocenters. The average molecular weight is 251 g/mol. The lowest BCUT2D eigenvalue weighted by Gasteiger charge is -2.27. The molecule has 94 valence electrons. The zero-order chi connectivity index (χ0) is 12.1. The second-order valence-electron chi connectivity index (χ2n) is 4.59. The van der Waals surface area contributed by atoms with Crippen molar-refractivity contribution in [1.82, 2.24) is 15.2 Å². The monoisotopic (exact) mass is 251 g/mol.